The SMILES string of the molecule is COCc1nccc([C@@H]2CCCN(Cc3cccc4cccnc34)C2)n1. The quantitative estimate of drug-likeness (QED) is 0.706. The number of benzene rings is 1. The van der Waals surface area contributed by atoms with E-state index in [1.54, 1.807) is 7.11 Å². The molecule has 1 fully saturated rings. The van der Waals surface area contributed by atoms with Gasteiger partial charge in [0.1, 0.15) is 6.61 Å². The zero-order valence-corrected chi connectivity index (χ0v) is 15.1. The van der Waals surface area contributed by atoms with Crippen LogP contribution in [0.5, 0.6) is 0 Å². The summed E-state index contributed by atoms with van der Waals surface area (Å²) in [6.45, 7) is 3.54. The molecule has 1 aliphatic rings. The van der Waals surface area contributed by atoms with Gasteiger partial charge in [-0.05, 0) is 37.1 Å². The van der Waals surface area contributed by atoms with Crippen molar-refractivity contribution in [3.05, 3.63) is 65.9 Å². The number of para-hydroxylation sites is 1. The summed E-state index contributed by atoms with van der Waals surface area (Å²) in [5, 5.41) is 1.21. The van der Waals surface area contributed by atoms with Gasteiger partial charge < -0.3 is 4.74 Å². The minimum Gasteiger partial charge on any atom is -0.377 e. The molecule has 0 N–H and O–H groups in total. The van der Waals surface area contributed by atoms with E-state index in [-0.39, 0.29) is 0 Å². The fourth-order valence-electron chi connectivity index (χ4n) is 3.82. The number of fused-ring (bicyclic) bond motifs is 1. The average Bonchev–Trinajstić information content (AvgIpc) is 2.69. The lowest BCUT2D eigenvalue weighted by atomic mass is 9.94. The molecule has 2 aromatic heterocycles. The smallest absolute Gasteiger partial charge is 0.154 e. The minimum absolute atomic E-state index is 0.449. The molecule has 1 atom stereocenters. The topological polar surface area (TPSA) is 51.1 Å². The average molecular weight is 348 g/mol. The predicted octanol–water partition coefficient (Wildman–Crippen LogP) is 3.55. The maximum Gasteiger partial charge on any atom is 0.154 e. The largest absolute Gasteiger partial charge is 0.377 e. The Morgan fingerprint density at radius 3 is 2.96 bits per heavy atom. The summed E-state index contributed by atoms with van der Waals surface area (Å²) in [7, 11) is 1.68. The van der Waals surface area contributed by atoms with Gasteiger partial charge in [-0.1, -0.05) is 24.3 Å². The molecule has 5 nitrogen and oxygen atoms in total. The molecule has 4 rings (SSSR count). The van der Waals surface area contributed by atoms with Crippen molar-refractivity contribution in [1.82, 2.24) is 19.9 Å². The monoisotopic (exact) mass is 348 g/mol. The predicted molar refractivity (Wildman–Crippen MR) is 102 cm³/mol. The normalized spacial score (nSPS) is 18.3. The third-order valence-corrected chi connectivity index (χ3v) is 5.03. The summed E-state index contributed by atoms with van der Waals surface area (Å²) in [5.74, 6) is 1.21. The van der Waals surface area contributed by atoms with E-state index < -0.39 is 0 Å². The molecule has 134 valence electrons. The van der Waals surface area contributed by atoms with Crippen LogP contribution in [0.25, 0.3) is 10.9 Å². The molecule has 0 radical (unpaired) electrons. The van der Waals surface area contributed by atoms with Crippen molar-refractivity contribution in [3.63, 3.8) is 0 Å². The van der Waals surface area contributed by atoms with E-state index in [1.165, 1.54) is 23.8 Å². The van der Waals surface area contributed by atoms with Gasteiger partial charge in [0.2, 0.25) is 0 Å². The van der Waals surface area contributed by atoms with Gasteiger partial charge in [0.05, 0.1) is 5.52 Å². The Morgan fingerprint density at radius 1 is 1.12 bits per heavy atom. The Labute approximate surface area is 154 Å². The second kappa shape index (κ2) is 7.89. The Bertz CT molecular complexity index is 877. The van der Waals surface area contributed by atoms with Crippen LogP contribution < -0.4 is 0 Å². The maximum absolute atomic E-state index is 5.17. The molecule has 3 aromatic rings. The fraction of sp³-hybridized carbons (Fsp3) is 0.381. The van der Waals surface area contributed by atoms with Crippen LogP contribution in [0.2, 0.25) is 0 Å². The van der Waals surface area contributed by atoms with Crippen LogP contribution in [0.3, 0.4) is 0 Å². The molecule has 0 aliphatic carbocycles. The lowest BCUT2D eigenvalue weighted by molar-refractivity contribution is 0.176. The van der Waals surface area contributed by atoms with Crippen molar-refractivity contribution in [2.45, 2.75) is 31.9 Å². The maximum atomic E-state index is 5.17. The molecule has 0 bridgehead atoms. The zero-order chi connectivity index (χ0) is 17.8. The van der Waals surface area contributed by atoms with Gasteiger partial charge in [0.25, 0.3) is 0 Å². The van der Waals surface area contributed by atoms with Gasteiger partial charge in [-0.2, -0.15) is 0 Å². The summed E-state index contributed by atoms with van der Waals surface area (Å²) in [6.07, 6.45) is 6.09. The molecular formula is C21H24N4O. The number of piperidine rings is 1. The first-order valence-electron chi connectivity index (χ1n) is 9.19. The van der Waals surface area contributed by atoms with E-state index in [0.717, 1.165) is 36.7 Å². The van der Waals surface area contributed by atoms with Gasteiger partial charge in [-0.15, -0.1) is 0 Å². The van der Waals surface area contributed by atoms with Gasteiger partial charge >= 0.3 is 0 Å². The number of nitrogens with zero attached hydrogens (tertiary/aromatic N) is 4. The molecule has 0 saturated carbocycles. The first kappa shape index (κ1) is 17.1. The van der Waals surface area contributed by atoms with E-state index in [1.807, 2.05) is 24.5 Å². The van der Waals surface area contributed by atoms with Gasteiger partial charge in [0, 0.05) is 49.6 Å². The summed E-state index contributed by atoms with van der Waals surface area (Å²) >= 11 is 0. The molecule has 0 spiro atoms. The molecule has 26 heavy (non-hydrogen) atoms. The van der Waals surface area contributed by atoms with Crippen LogP contribution in [-0.2, 0) is 17.9 Å². The van der Waals surface area contributed by atoms with Crippen molar-refractivity contribution in [1.29, 1.82) is 0 Å². The van der Waals surface area contributed by atoms with Crippen molar-refractivity contribution in [2.75, 3.05) is 20.2 Å². The van der Waals surface area contributed by atoms with E-state index in [4.69, 9.17) is 9.72 Å². The highest BCUT2D eigenvalue weighted by molar-refractivity contribution is 5.81. The van der Waals surface area contributed by atoms with Crippen LogP contribution in [0.4, 0.5) is 0 Å². The fourth-order valence-corrected chi connectivity index (χ4v) is 3.82. The Hall–Kier alpha value is -2.37. The summed E-state index contributed by atoms with van der Waals surface area (Å²) in [5.41, 5.74) is 3.54. The summed E-state index contributed by atoms with van der Waals surface area (Å²) < 4.78 is 5.17. The van der Waals surface area contributed by atoms with Crippen LogP contribution in [0, 0.1) is 0 Å². The lowest BCUT2D eigenvalue weighted by Crippen LogP contribution is -2.34. The first-order valence-corrected chi connectivity index (χ1v) is 9.19. The highest BCUT2D eigenvalue weighted by Crippen LogP contribution is 2.27. The van der Waals surface area contributed by atoms with Crippen molar-refractivity contribution < 1.29 is 4.74 Å². The summed E-state index contributed by atoms with van der Waals surface area (Å²) in [6, 6.07) is 12.6. The Morgan fingerprint density at radius 2 is 2.04 bits per heavy atom. The highest BCUT2D eigenvalue weighted by Gasteiger charge is 2.23. The van der Waals surface area contributed by atoms with E-state index >= 15 is 0 Å². The number of pyridine rings is 1. The van der Waals surface area contributed by atoms with Crippen LogP contribution in [0.15, 0.2) is 48.8 Å². The van der Waals surface area contributed by atoms with Gasteiger partial charge in [-0.3, -0.25) is 9.88 Å². The molecule has 1 saturated heterocycles. The Kier molecular flexibility index (Phi) is 5.18. The number of methoxy groups -OCH3 is 1. The van der Waals surface area contributed by atoms with Crippen LogP contribution >= 0.6 is 0 Å². The molecule has 0 unspecified atom stereocenters. The molecule has 5 heteroatoms. The van der Waals surface area contributed by atoms with Gasteiger partial charge in [-0.25, -0.2) is 9.97 Å². The van der Waals surface area contributed by atoms with Gasteiger partial charge in [0.15, 0.2) is 5.82 Å². The highest BCUT2D eigenvalue weighted by atomic mass is 16.5. The van der Waals surface area contributed by atoms with E-state index in [2.05, 4.69) is 39.1 Å². The molecular weight excluding hydrogens is 324 g/mol. The lowest BCUT2D eigenvalue weighted by Gasteiger charge is -2.32. The van der Waals surface area contributed by atoms with Crippen molar-refractivity contribution in [3.8, 4) is 0 Å². The number of aromatic nitrogens is 3. The van der Waals surface area contributed by atoms with Crippen LogP contribution in [-0.4, -0.2) is 40.1 Å². The van der Waals surface area contributed by atoms with Crippen molar-refractivity contribution in [2.24, 2.45) is 0 Å². The number of rotatable bonds is 5. The number of hydrogen-bond acceptors (Lipinski definition) is 5. The zero-order valence-electron chi connectivity index (χ0n) is 15.1. The first-order chi connectivity index (χ1) is 12.8. The standard InChI is InChI=1S/C21H24N4O/c1-26-15-20-22-11-9-19(24-20)17-8-4-12-25(13-17)14-18-6-2-5-16-7-3-10-23-21(16)18/h2-3,5-7,9-11,17H,4,8,12-15H2,1H3/t17-/m1/s1. The molecule has 3 heterocycles. The van der Waals surface area contributed by atoms with Crippen molar-refractivity contribution >= 4 is 10.9 Å². The summed E-state index contributed by atoms with van der Waals surface area (Å²) in [4.78, 5) is 16.1. The third-order valence-electron chi connectivity index (χ3n) is 5.03. The second-order valence-corrected chi connectivity index (χ2v) is 6.90. The molecule has 1 aromatic carbocycles. The molecule has 1 aliphatic heterocycles. The molecule has 0 amide bonds. The van der Waals surface area contributed by atoms with E-state index in [0.29, 0.717) is 12.5 Å². The number of likely N-dealkylation sites (tertiary alicyclic amines) is 1. The Balaban J connectivity index is 1.51. The van der Waals surface area contributed by atoms with Crippen LogP contribution in [0.1, 0.15) is 35.8 Å². The minimum atomic E-state index is 0.449. The number of hydrogen-bond donors (Lipinski definition) is 0. The number of ether oxygens (including phenoxy) is 1. The van der Waals surface area contributed by atoms with E-state index in [9.17, 15) is 0 Å². The third kappa shape index (κ3) is 3.74. The second-order valence-electron chi connectivity index (χ2n) is 6.90.